The lowest BCUT2D eigenvalue weighted by Gasteiger charge is -2.02. The standard InChI is InChI=1S/C11H9BBrNO.C2H6/c1-6(12)11(15)9-5-14-10-3-2-7(13)4-8(9)10;1-2/h2-6,14H,1H3;1-2H3. The molecule has 1 unspecified atom stereocenters. The van der Waals surface area contributed by atoms with Crippen LogP contribution < -0.4 is 0 Å². The molecule has 1 aromatic carbocycles. The Morgan fingerprint density at radius 1 is 1.41 bits per heavy atom. The SMILES string of the molecule is CC.[B]C(C)C(=O)c1c[nH]c2ccc(Br)cc12. The number of carbonyl (C=O) groups excluding carboxylic acids is 1. The maximum Gasteiger partial charge on any atom is 0.159 e. The molecule has 1 N–H and O–H groups in total. The van der Waals surface area contributed by atoms with E-state index in [0.717, 1.165) is 15.4 Å². The van der Waals surface area contributed by atoms with Crippen LogP contribution in [-0.2, 0) is 0 Å². The first-order chi connectivity index (χ1) is 8.09. The summed E-state index contributed by atoms with van der Waals surface area (Å²) in [7, 11) is 5.58. The zero-order valence-electron chi connectivity index (χ0n) is 10.3. The van der Waals surface area contributed by atoms with Gasteiger partial charge in [0.1, 0.15) is 0 Å². The third-order valence-electron chi connectivity index (χ3n) is 2.32. The molecule has 1 atom stereocenters. The predicted octanol–water partition coefficient (Wildman–Crippen LogP) is 4.12. The number of carbonyl (C=O) groups is 1. The van der Waals surface area contributed by atoms with E-state index in [4.69, 9.17) is 7.85 Å². The number of fused-ring (bicyclic) bond motifs is 1. The van der Waals surface area contributed by atoms with Crippen LogP contribution in [0.5, 0.6) is 0 Å². The molecule has 1 heterocycles. The Morgan fingerprint density at radius 2 is 2.06 bits per heavy atom. The molecule has 0 saturated heterocycles. The third kappa shape index (κ3) is 3.00. The number of hydrogen-bond acceptors (Lipinski definition) is 1. The summed E-state index contributed by atoms with van der Waals surface area (Å²) in [6, 6.07) is 5.78. The monoisotopic (exact) mass is 291 g/mol. The molecule has 0 bridgehead atoms. The van der Waals surface area contributed by atoms with Crippen LogP contribution in [0.3, 0.4) is 0 Å². The zero-order valence-corrected chi connectivity index (χ0v) is 11.8. The van der Waals surface area contributed by atoms with Gasteiger partial charge in [-0.1, -0.05) is 36.7 Å². The molecule has 0 amide bonds. The van der Waals surface area contributed by atoms with Gasteiger partial charge in [-0.15, -0.1) is 0 Å². The van der Waals surface area contributed by atoms with Crippen molar-refractivity contribution in [3.63, 3.8) is 0 Å². The summed E-state index contributed by atoms with van der Waals surface area (Å²) in [6.07, 6.45) is 1.71. The topological polar surface area (TPSA) is 32.9 Å². The number of rotatable bonds is 2. The molecule has 2 rings (SSSR count). The van der Waals surface area contributed by atoms with Crippen LogP contribution in [-0.4, -0.2) is 18.6 Å². The van der Waals surface area contributed by atoms with Gasteiger partial charge in [-0.25, -0.2) is 0 Å². The Balaban J connectivity index is 0.000000686. The highest BCUT2D eigenvalue weighted by Gasteiger charge is 2.14. The molecule has 17 heavy (non-hydrogen) atoms. The second-order valence-corrected chi connectivity index (χ2v) is 4.46. The van der Waals surface area contributed by atoms with Gasteiger partial charge in [-0.3, -0.25) is 4.79 Å². The van der Waals surface area contributed by atoms with E-state index in [0.29, 0.717) is 5.56 Å². The quantitative estimate of drug-likeness (QED) is 0.655. The molecular formula is C13H15BBrNO. The van der Waals surface area contributed by atoms with Crippen molar-refractivity contribution in [3.05, 3.63) is 34.4 Å². The lowest BCUT2D eigenvalue weighted by atomic mass is 9.83. The summed E-state index contributed by atoms with van der Waals surface area (Å²) in [5, 5.41) is 0.909. The molecule has 2 aromatic rings. The average molecular weight is 292 g/mol. The number of halogens is 1. The van der Waals surface area contributed by atoms with E-state index in [2.05, 4.69) is 20.9 Å². The smallest absolute Gasteiger partial charge is 0.159 e. The predicted molar refractivity (Wildman–Crippen MR) is 76.9 cm³/mol. The molecular weight excluding hydrogens is 277 g/mol. The molecule has 0 aliphatic rings. The van der Waals surface area contributed by atoms with Gasteiger partial charge >= 0.3 is 0 Å². The van der Waals surface area contributed by atoms with Crippen molar-refractivity contribution < 1.29 is 4.79 Å². The summed E-state index contributed by atoms with van der Waals surface area (Å²) in [4.78, 5) is 14.8. The number of hydrogen-bond donors (Lipinski definition) is 1. The van der Waals surface area contributed by atoms with Crippen LogP contribution in [0.15, 0.2) is 28.9 Å². The van der Waals surface area contributed by atoms with Crippen LogP contribution in [0.2, 0.25) is 5.82 Å². The van der Waals surface area contributed by atoms with E-state index in [1.54, 1.807) is 13.1 Å². The molecule has 0 aliphatic carbocycles. The lowest BCUT2D eigenvalue weighted by Crippen LogP contribution is -2.04. The molecule has 88 valence electrons. The van der Waals surface area contributed by atoms with E-state index in [9.17, 15) is 4.79 Å². The van der Waals surface area contributed by atoms with E-state index in [1.165, 1.54) is 0 Å². The molecule has 0 spiro atoms. The van der Waals surface area contributed by atoms with Crippen LogP contribution >= 0.6 is 15.9 Å². The number of aromatic amines is 1. The van der Waals surface area contributed by atoms with Crippen molar-refractivity contribution in [2.75, 3.05) is 0 Å². The first kappa shape index (κ1) is 14.0. The summed E-state index contributed by atoms with van der Waals surface area (Å²) >= 11 is 3.38. The van der Waals surface area contributed by atoms with Crippen molar-refractivity contribution in [2.45, 2.75) is 26.6 Å². The van der Waals surface area contributed by atoms with Gasteiger partial charge in [0.25, 0.3) is 0 Å². The Kier molecular flexibility index (Phi) is 5.00. The van der Waals surface area contributed by atoms with Crippen LogP contribution in [0.4, 0.5) is 0 Å². The minimum atomic E-state index is -0.469. The summed E-state index contributed by atoms with van der Waals surface area (Å²) in [5.41, 5.74) is 1.60. The Bertz CT molecular complexity index is 519. The fraction of sp³-hybridized carbons (Fsp3) is 0.308. The largest absolute Gasteiger partial charge is 0.360 e. The number of nitrogens with one attached hydrogen (secondary N) is 1. The first-order valence-corrected chi connectivity index (χ1v) is 6.45. The Hall–Kier alpha value is -1.03. The maximum atomic E-state index is 11.8. The second kappa shape index (κ2) is 6.06. The number of aromatic nitrogens is 1. The highest BCUT2D eigenvalue weighted by Crippen LogP contribution is 2.25. The van der Waals surface area contributed by atoms with E-state index in [1.807, 2.05) is 32.0 Å². The van der Waals surface area contributed by atoms with Gasteiger partial charge in [-0.05, 0) is 24.0 Å². The molecule has 0 saturated carbocycles. The minimum Gasteiger partial charge on any atom is -0.360 e. The third-order valence-corrected chi connectivity index (χ3v) is 2.82. The van der Waals surface area contributed by atoms with Gasteiger partial charge in [-0.2, -0.15) is 0 Å². The molecule has 0 aliphatic heterocycles. The van der Waals surface area contributed by atoms with Gasteiger partial charge < -0.3 is 4.98 Å². The van der Waals surface area contributed by atoms with Gasteiger partial charge in [0.05, 0.1) is 7.85 Å². The molecule has 2 nitrogen and oxygen atoms in total. The lowest BCUT2D eigenvalue weighted by molar-refractivity contribution is 0.0990. The van der Waals surface area contributed by atoms with Gasteiger partial charge in [0.15, 0.2) is 5.78 Å². The normalized spacial score (nSPS) is 11.8. The van der Waals surface area contributed by atoms with E-state index in [-0.39, 0.29) is 5.78 Å². The van der Waals surface area contributed by atoms with Crippen molar-refractivity contribution in [2.24, 2.45) is 0 Å². The van der Waals surface area contributed by atoms with Crippen LogP contribution in [0, 0.1) is 0 Å². The fourth-order valence-electron chi connectivity index (χ4n) is 1.54. The zero-order chi connectivity index (χ0) is 13.0. The average Bonchev–Trinajstić information content (AvgIpc) is 2.73. The highest BCUT2D eigenvalue weighted by molar-refractivity contribution is 9.10. The minimum absolute atomic E-state index is 0.0423. The van der Waals surface area contributed by atoms with Crippen molar-refractivity contribution >= 4 is 40.5 Å². The summed E-state index contributed by atoms with van der Waals surface area (Å²) < 4.78 is 0.952. The van der Waals surface area contributed by atoms with Crippen molar-refractivity contribution in [1.82, 2.24) is 4.98 Å². The van der Waals surface area contributed by atoms with Gasteiger partial charge in [0.2, 0.25) is 0 Å². The van der Waals surface area contributed by atoms with E-state index < -0.39 is 5.82 Å². The molecule has 4 heteroatoms. The Labute approximate surface area is 111 Å². The fourth-order valence-corrected chi connectivity index (χ4v) is 1.90. The second-order valence-electron chi connectivity index (χ2n) is 3.55. The highest BCUT2D eigenvalue weighted by atomic mass is 79.9. The summed E-state index contributed by atoms with van der Waals surface area (Å²) in [5.74, 6) is -0.512. The van der Waals surface area contributed by atoms with Crippen molar-refractivity contribution in [3.8, 4) is 0 Å². The number of H-pyrrole nitrogens is 1. The molecule has 1 aromatic heterocycles. The number of benzene rings is 1. The molecule has 2 radical (unpaired) electrons. The Morgan fingerprint density at radius 3 is 2.65 bits per heavy atom. The number of ketones is 1. The first-order valence-electron chi connectivity index (χ1n) is 5.66. The maximum absolute atomic E-state index is 11.8. The van der Waals surface area contributed by atoms with Crippen LogP contribution in [0.1, 0.15) is 31.1 Å². The van der Waals surface area contributed by atoms with Crippen LogP contribution in [0.25, 0.3) is 10.9 Å². The van der Waals surface area contributed by atoms with E-state index >= 15 is 0 Å². The van der Waals surface area contributed by atoms with Crippen molar-refractivity contribution in [1.29, 1.82) is 0 Å². The molecule has 0 fully saturated rings. The summed E-state index contributed by atoms with van der Waals surface area (Å²) in [6.45, 7) is 5.69. The van der Waals surface area contributed by atoms with Gasteiger partial charge in [0, 0.05) is 27.1 Å². The number of Topliss-reactive ketones (excluding diaryl/α,β-unsaturated/α-hetero) is 1.